The second kappa shape index (κ2) is 4.51. The third kappa shape index (κ3) is 1.89. The number of alkyl halides is 1. The molecule has 2 rings (SSSR count). The van der Waals surface area contributed by atoms with Gasteiger partial charge in [0.2, 0.25) is 5.18 Å². The average Bonchev–Trinajstić information content (AvgIpc) is 2.54. The third-order valence-electron chi connectivity index (χ3n) is 3.11. The van der Waals surface area contributed by atoms with Gasteiger partial charge in [0.15, 0.2) is 0 Å². The molecule has 0 aliphatic carbocycles. The molecule has 0 spiro atoms. The molecule has 0 aromatic carbocycles. The molecule has 0 radical (unpaired) electrons. The van der Waals surface area contributed by atoms with Gasteiger partial charge in [-0.05, 0) is 6.07 Å². The van der Waals surface area contributed by atoms with E-state index >= 15 is 0 Å². The standard InChI is InChI=1S/C10H14ClN3O4/c1-5-8(16)6(4-15)18-10(5,11)14-3-2-7(12)13-9(14)17/h2-3,5-6,8,15-16H,4H2,1H3,(H2,12,13,17)/t5-,6-,8+,10+/m1/s1. The van der Waals surface area contributed by atoms with Crippen LogP contribution < -0.4 is 11.4 Å². The van der Waals surface area contributed by atoms with Gasteiger partial charge in [0.05, 0.1) is 12.7 Å². The molecule has 18 heavy (non-hydrogen) atoms. The first kappa shape index (κ1) is 13.3. The van der Waals surface area contributed by atoms with Gasteiger partial charge in [-0.25, -0.2) is 4.79 Å². The summed E-state index contributed by atoms with van der Waals surface area (Å²) >= 11 is 6.26. The third-order valence-corrected chi connectivity index (χ3v) is 3.72. The Kier molecular flexibility index (Phi) is 3.33. The molecule has 1 fully saturated rings. The van der Waals surface area contributed by atoms with Crippen LogP contribution in [0.1, 0.15) is 6.92 Å². The van der Waals surface area contributed by atoms with Crippen molar-refractivity contribution in [2.45, 2.75) is 24.3 Å². The monoisotopic (exact) mass is 275 g/mol. The number of rotatable bonds is 2. The molecule has 1 aromatic heterocycles. The molecular weight excluding hydrogens is 262 g/mol. The largest absolute Gasteiger partial charge is 0.394 e. The first-order valence-electron chi connectivity index (χ1n) is 5.41. The minimum Gasteiger partial charge on any atom is -0.394 e. The van der Waals surface area contributed by atoms with E-state index in [1.54, 1.807) is 6.92 Å². The lowest BCUT2D eigenvalue weighted by atomic mass is 10.0. The topological polar surface area (TPSA) is 111 Å². The highest BCUT2D eigenvalue weighted by Gasteiger charge is 2.53. The zero-order valence-electron chi connectivity index (χ0n) is 9.65. The summed E-state index contributed by atoms with van der Waals surface area (Å²) < 4.78 is 6.43. The molecule has 0 saturated carbocycles. The molecule has 0 bridgehead atoms. The molecule has 8 heteroatoms. The van der Waals surface area contributed by atoms with Gasteiger partial charge < -0.3 is 20.7 Å². The zero-order chi connectivity index (χ0) is 13.5. The molecule has 4 atom stereocenters. The minimum absolute atomic E-state index is 0.0708. The maximum Gasteiger partial charge on any atom is 0.352 e. The Morgan fingerprint density at radius 2 is 2.39 bits per heavy atom. The Morgan fingerprint density at radius 1 is 1.72 bits per heavy atom. The Hall–Kier alpha value is -1.15. The van der Waals surface area contributed by atoms with Gasteiger partial charge in [-0.2, -0.15) is 4.98 Å². The number of nitrogen functional groups attached to an aromatic ring is 1. The number of anilines is 1. The molecule has 1 saturated heterocycles. The van der Waals surface area contributed by atoms with E-state index in [4.69, 9.17) is 27.2 Å². The van der Waals surface area contributed by atoms with Crippen molar-refractivity contribution in [3.63, 3.8) is 0 Å². The molecule has 1 aromatic rings. The van der Waals surface area contributed by atoms with Gasteiger partial charge in [-0.3, -0.25) is 4.57 Å². The highest BCUT2D eigenvalue weighted by molar-refractivity contribution is 6.21. The van der Waals surface area contributed by atoms with Crippen molar-refractivity contribution in [1.29, 1.82) is 0 Å². The minimum atomic E-state index is -1.58. The van der Waals surface area contributed by atoms with E-state index in [2.05, 4.69) is 4.98 Å². The summed E-state index contributed by atoms with van der Waals surface area (Å²) in [6.07, 6.45) is -0.473. The predicted octanol–water partition coefficient (Wildman–Crippen LogP) is -0.937. The van der Waals surface area contributed by atoms with Crippen molar-refractivity contribution < 1.29 is 14.9 Å². The van der Waals surface area contributed by atoms with Crippen LogP contribution in [0.3, 0.4) is 0 Å². The van der Waals surface area contributed by atoms with Crippen LogP contribution in [0.25, 0.3) is 0 Å². The highest BCUT2D eigenvalue weighted by Crippen LogP contribution is 2.42. The molecule has 0 unspecified atom stereocenters. The number of hydrogen-bond acceptors (Lipinski definition) is 6. The lowest BCUT2D eigenvalue weighted by molar-refractivity contribution is -0.0740. The second-order valence-corrected chi connectivity index (χ2v) is 4.77. The highest BCUT2D eigenvalue weighted by atomic mass is 35.5. The van der Waals surface area contributed by atoms with E-state index in [0.29, 0.717) is 0 Å². The normalized spacial score (nSPS) is 35.9. The second-order valence-electron chi connectivity index (χ2n) is 4.23. The number of aromatic nitrogens is 2. The van der Waals surface area contributed by atoms with Gasteiger partial charge in [-0.1, -0.05) is 18.5 Å². The van der Waals surface area contributed by atoms with Crippen molar-refractivity contribution in [1.82, 2.24) is 9.55 Å². The SMILES string of the molecule is C[C@@H]1[C@H](O)[C@@H](CO)O[C@@]1(Cl)n1ccc(N)nc1=O. The van der Waals surface area contributed by atoms with Gasteiger partial charge in [0.25, 0.3) is 0 Å². The summed E-state index contributed by atoms with van der Waals surface area (Å²) in [5.74, 6) is -0.527. The van der Waals surface area contributed by atoms with Crippen molar-refractivity contribution in [3.8, 4) is 0 Å². The number of halogens is 1. The summed E-state index contributed by atoms with van der Waals surface area (Å²) in [6, 6.07) is 1.40. The van der Waals surface area contributed by atoms with Crippen molar-refractivity contribution in [2.75, 3.05) is 12.3 Å². The molecule has 100 valence electrons. The number of aliphatic hydroxyl groups excluding tert-OH is 2. The maximum atomic E-state index is 11.7. The number of hydrogen-bond donors (Lipinski definition) is 3. The van der Waals surface area contributed by atoms with Gasteiger partial charge in [-0.15, -0.1) is 0 Å². The number of aliphatic hydroxyl groups is 2. The predicted molar refractivity (Wildman–Crippen MR) is 63.9 cm³/mol. The fourth-order valence-corrected chi connectivity index (χ4v) is 2.36. The van der Waals surface area contributed by atoms with Crippen molar-refractivity contribution in [2.24, 2.45) is 5.92 Å². The summed E-state index contributed by atoms with van der Waals surface area (Å²) in [4.78, 5) is 15.3. The van der Waals surface area contributed by atoms with Crippen LogP contribution in [-0.2, 0) is 9.92 Å². The Bertz CT molecular complexity index is 508. The first-order valence-corrected chi connectivity index (χ1v) is 5.79. The van der Waals surface area contributed by atoms with E-state index < -0.39 is 35.6 Å². The van der Waals surface area contributed by atoms with Gasteiger partial charge in [0.1, 0.15) is 11.9 Å². The fourth-order valence-electron chi connectivity index (χ4n) is 1.99. The fraction of sp³-hybridized carbons (Fsp3) is 0.600. The van der Waals surface area contributed by atoms with E-state index in [1.165, 1.54) is 12.3 Å². The molecule has 0 amide bonds. The van der Waals surface area contributed by atoms with Crippen LogP contribution in [0.5, 0.6) is 0 Å². The molecule has 1 aliphatic heterocycles. The number of ether oxygens (including phenoxy) is 1. The Balaban J connectivity index is 2.46. The van der Waals surface area contributed by atoms with E-state index in [-0.39, 0.29) is 5.82 Å². The summed E-state index contributed by atoms with van der Waals surface area (Å²) in [5, 5.41) is 17.4. The number of nitrogens with two attached hydrogens (primary N) is 1. The van der Waals surface area contributed by atoms with Crippen molar-refractivity contribution in [3.05, 3.63) is 22.7 Å². The summed E-state index contributed by atoms with van der Waals surface area (Å²) in [5.41, 5.74) is 4.71. The van der Waals surface area contributed by atoms with Crippen molar-refractivity contribution >= 4 is 17.4 Å². The number of nitrogens with zero attached hydrogens (tertiary/aromatic N) is 2. The van der Waals surface area contributed by atoms with Crippen LogP contribution in [0.4, 0.5) is 5.82 Å². The molecule has 1 aliphatic rings. The van der Waals surface area contributed by atoms with E-state index in [9.17, 15) is 9.90 Å². The summed E-state index contributed by atoms with van der Waals surface area (Å²) in [7, 11) is 0. The maximum absolute atomic E-state index is 11.7. The van der Waals surface area contributed by atoms with E-state index in [0.717, 1.165) is 4.57 Å². The van der Waals surface area contributed by atoms with E-state index in [1.807, 2.05) is 0 Å². The molecule has 2 heterocycles. The van der Waals surface area contributed by atoms with Crippen LogP contribution in [0.15, 0.2) is 17.1 Å². The first-order chi connectivity index (χ1) is 8.40. The Labute approximate surface area is 108 Å². The Morgan fingerprint density at radius 3 is 2.89 bits per heavy atom. The van der Waals surface area contributed by atoms with Gasteiger partial charge in [0, 0.05) is 12.1 Å². The summed E-state index contributed by atoms with van der Waals surface area (Å²) in [6.45, 7) is 1.23. The smallest absolute Gasteiger partial charge is 0.352 e. The quantitative estimate of drug-likeness (QED) is 0.601. The lowest BCUT2D eigenvalue weighted by Gasteiger charge is -2.27. The average molecular weight is 276 g/mol. The van der Waals surface area contributed by atoms with Gasteiger partial charge >= 0.3 is 5.69 Å². The lowest BCUT2D eigenvalue weighted by Crippen LogP contribution is -2.42. The zero-order valence-corrected chi connectivity index (χ0v) is 10.4. The van der Waals surface area contributed by atoms with Crippen LogP contribution in [-0.4, -0.2) is 38.6 Å². The molecule has 7 nitrogen and oxygen atoms in total. The van der Waals surface area contributed by atoms with Crippen LogP contribution in [0.2, 0.25) is 0 Å². The van der Waals surface area contributed by atoms with Crippen LogP contribution in [0, 0.1) is 5.92 Å². The van der Waals surface area contributed by atoms with Crippen LogP contribution >= 0.6 is 11.6 Å². The molecular formula is C10H14ClN3O4. The molecule has 4 N–H and O–H groups in total.